The molecule has 0 bridgehead atoms. The predicted molar refractivity (Wildman–Crippen MR) is 67.1 cm³/mol. The van der Waals surface area contributed by atoms with Crippen LogP contribution in [0.3, 0.4) is 0 Å². The molecule has 2 amide bonds. The average Bonchev–Trinajstić information content (AvgIpc) is 2.43. The van der Waals surface area contributed by atoms with Crippen molar-refractivity contribution in [1.29, 1.82) is 0 Å². The van der Waals surface area contributed by atoms with Crippen molar-refractivity contribution >= 4 is 17.7 Å². The molecule has 0 heterocycles. The van der Waals surface area contributed by atoms with Crippen LogP contribution in [0.25, 0.3) is 0 Å². The van der Waals surface area contributed by atoms with Gasteiger partial charge in [0.05, 0.1) is 30.8 Å². The first-order valence-corrected chi connectivity index (χ1v) is 5.36. The van der Waals surface area contributed by atoms with E-state index in [2.05, 4.69) is 10.1 Å². The maximum atomic E-state index is 11.6. The molecule has 108 valence electrons. The number of benzene rings is 1. The number of rotatable bonds is 5. The lowest BCUT2D eigenvalue weighted by Crippen LogP contribution is -2.38. The number of nitro groups is 1. The molecule has 1 atom stereocenters. The maximum absolute atomic E-state index is 11.6. The van der Waals surface area contributed by atoms with E-state index in [1.165, 1.54) is 19.2 Å². The first-order valence-electron chi connectivity index (χ1n) is 5.36. The summed E-state index contributed by atoms with van der Waals surface area (Å²) in [6.45, 7) is 0. The number of nitro benzene ring substituents is 1. The van der Waals surface area contributed by atoms with E-state index < -0.39 is 28.7 Å². The molecule has 9 nitrogen and oxygen atoms in total. The molecule has 20 heavy (non-hydrogen) atoms. The molecule has 9 heteroatoms. The normalized spacial score (nSPS) is 11.3. The molecule has 0 aliphatic heterocycles. The van der Waals surface area contributed by atoms with Crippen LogP contribution in [0, 0.1) is 10.1 Å². The first-order chi connectivity index (χ1) is 9.40. The molecule has 1 aromatic rings. The van der Waals surface area contributed by atoms with Crippen LogP contribution in [0.1, 0.15) is 11.6 Å². The number of nitrogens with zero attached hydrogens (tertiary/aromatic N) is 1. The van der Waals surface area contributed by atoms with Gasteiger partial charge in [-0.15, -0.1) is 0 Å². The standard InChI is InChI=1S/C11H13N3O6/c1-19-6-3-4-7(8(5-6)14(17)18)9(10(15)20-2)13-11(12)16/h3-5,9H,1-2H3,(H3,12,13,16). The molecule has 0 aliphatic rings. The number of primary amides is 1. The Morgan fingerprint density at radius 1 is 1.40 bits per heavy atom. The molecule has 0 saturated carbocycles. The highest BCUT2D eigenvalue weighted by atomic mass is 16.6. The summed E-state index contributed by atoms with van der Waals surface area (Å²) in [5.41, 5.74) is 4.50. The Labute approximate surface area is 113 Å². The summed E-state index contributed by atoms with van der Waals surface area (Å²) >= 11 is 0. The smallest absolute Gasteiger partial charge is 0.333 e. The molecule has 0 radical (unpaired) electrons. The molecule has 0 aromatic heterocycles. The summed E-state index contributed by atoms with van der Waals surface area (Å²) in [7, 11) is 2.44. The second-order valence-corrected chi connectivity index (χ2v) is 3.65. The molecule has 1 aromatic carbocycles. The minimum Gasteiger partial charge on any atom is -0.497 e. The Bertz CT molecular complexity index is 545. The molecule has 0 fully saturated rings. The largest absolute Gasteiger partial charge is 0.497 e. The van der Waals surface area contributed by atoms with Crippen LogP contribution in [-0.4, -0.2) is 31.1 Å². The van der Waals surface area contributed by atoms with E-state index in [-0.39, 0.29) is 11.3 Å². The van der Waals surface area contributed by atoms with Crippen molar-refractivity contribution in [3.05, 3.63) is 33.9 Å². The van der Waals surface area contributed by atoms with Gasteiger partial charge in [0.2, 0.25) is 0 Å². The maximum Gasteiger partial charge on any atom is 0.333 e. The minimum atomic E-state index is -1.37. The fraction of sp³-hybridized carbons (Fsp3) is 0.273. The van der Waals surface area contributed by atoms with Gasteiger partial charge in [-0.2, -0.15) is 0 Å². The van der Waals surface area contributed by atoms with Crippen molar-refractivity contribution in [2.45, 2.75) is 6.04 Å². The second kappa shape index (κ2) is 6.36. The number of nitrogens with two attached hydrogens (primary N) is 1. The highest BCUT2D eigenvalue weighted by molar-refractivity contribution is 5.85. The topological polar surface area (TPSA) is 134 Å². The SMILES string of the molecule is COC(=O)C(NC(N)=O)c1ccc(OC)cc1[N+](=O)[O-]. The fourth-order valence-electron chi connectivity index (χ4n) is 1.58. The highest BCUT2D eigenvalue weighted by Crippen LogP contribution is 2.30. The van der Waals surface area contributed by atoms with Crippen molar-refractivity contribution in [2.24, 2.45) is 5.73 Å². The number of hydrogen-bond donors (Lipinski definition) is 2. The van der Waals surface area contributed by atoms with Gasteiger partial charge >= 0.3 is 12.0 Å². The number of methoxy groups -OCH3 is 2. The lowest BCUT2D eigenvalue weighted by molar-refractivity contribution is -0.385. The summed E-state index contributed by atoms with van der Waals surface area (Å²) in [6, 6.07) is 1.46. The third-order valence-corrected chi connectivity index (χ3v) is 2.47. The van der Waals surface area contributed by atoms with E-state index in [9.17, 15) is 19.7 Å². The van der Waals surface area contributed by atoms with E-state index in [1.807, 2.05) is 0 Å². The number of carbonyl (C=O) groups is 2. The lowest BCUT2D eigenvalue weighted by Gasteiger charge is -2.15. The molecule has 0 aliphatic carbocycles. The Morgan fingerprint density at radius 3 is 2.50 bits per heavy atom. The van der Waals surface area contributed by atoms with E-state index in [4.69, 9.17) is 10.5 Å². The molecule has 3 N–H and O–H groups in total. The number of esters is 1. The fourth-order valence-corrected chi connectivity index (χ4v) is 1.58. The number of carbonyl (C=O) groups excluding carboxylic acids is 2. The van der Waals surface area contributed by atoms with E-state index in [0.29, 0.717) is 0 Å². The molecular weight excluding hydrogens is 270 g/mol. The quantitative estimate of drug-likeness (QED) is 0.458. The van der Waals surface area contributed by atoms with Crippen LogP contribution in [0.2, 0.25) is 0 Å². The van der Waals surface area contributed by atoms with Gasteiger partial charge in [0.15, 0.2) is 6.04 Å². The third-order valence-electron chi connectivity index (χ3n) is 2.47. The van der Waals surface area contributed by atoms with E-state index in [0.717, 1.165) is 13.2 Å². The lowest BCUT2D eigenvalue weighted by atomic mass is 10.0. The van der Waals surface area contributed by atoms with Crippen LogP contribution in [-0.2, 0) is 9.53 Å². The van der Waals surface area contributed by atoms with Crippen molar-refractivity contribution < 1.29 is 24.0 Å². The third kappa shape index (κ3) is 3.34. The van der Waals surface area contributed by atoms with Gasteiger partial charge in [-0.1, -0.05) is 0 Å². The molecule has 1 rings (SSSR count). The number of amides is 2. The molecular formula is C11H13N3O6. The van der Waals surface area contributed by atoms with Gasteiger partial charge in [0, 0.05) is 0 Å². The molecule has 1 unspecified atom stereocenters. The predicted octanol–water partition coefficient (Wildman–Crippen LogP) is 0.486. The van der Waals surface area contributed by atoms with Gasteiger partial charge in [-0.05, 0) is 12.1 Å². The highest BCUT2D eigenvalue weighted by Gasteiger charge is 2.30. The zero-order valence-corrected chi connectivity index (χ0v) is 10.8. The van der Waals surface area contributed by atoms with Crippen molar-refractivity contribution in [1.82, 2.24) is 5.32 Å². The zero-order chi connectivity index (χ0) is 15.3. The van der Waals surface area contributed by atoms with Gasteiger partial charge in [-0.3, -0.25) is 10.1 Å². The summed E-state index contributed by atoms with van der Waals surface area (Å²) in [5, 5.41) is 13.1. The first kappa shape index (κ1) is 15.2. The summed E-state index contributed by atoms with van der Waals surface area (Å²) < 4.78 is 9.37. The van der Waals surface area contributed by atoms with Crippen LogP contribution in [0.4, 0.5) is 10.5 Å². The van der Waals surface area contributed by atoms with Crippen LogP contribution >= 0.6 is 0 Å². The minimum absolute atomic E-state index is 0.0542. The van der Waals surface area contributed by atoms with Gasteiger partial charge in [0.25, 0.3) is 5.69 Å². The van der Waals surface area contributed by atoms with Crippen molar-refractivity contribution in [2.75, 3.05) is 14.2 Å². The number of nitrogens with one attached hydrogen (secondary N) is 1. The van der Waals surface area contributed by atoms with Gasteiger partial charge in [-0.25, -0.2) is 9.59 Å². The van der Waals surface area contributed by atoms with E-state index >= 15 is 0 Å². The molecule has 0 saturated heterocycles. The van der Waals surface area contributed by atoms with Crippen LogP contribution in [0.15, 0.2) is 18.2 Å². The Morgan fingerprint density at radius 2 is 2.05 bits per heavy atom. The van der Waals surface area contributed by atoms with Crippen molar-refractivity contribution in [3.8, 4) is 5.75 Å². The summed E-state index contributed by atoms with van der Waals surface area (Å²) in [5.74, 6) is -0.639. The van der Waals surface area contributed by atoms with Crippen LogP contribution < -0.4 is 15.8 Å². The van der Waals surface area contributed by atoms with Gasteiger partial charge < -0.3 is 20.5 Å². The van der Waals surface area contributed by atoms with E-state index in [1.54, 1.807) is 0 Å². The Hall–Kier alpha value is -2.84. The number of hydrogen-bond acceptors (Lipinski definition) is 6. The molecule has 0 spiro atoms. The zero-order valence-electron chi connectivity index (χ0n) is 10.8. The Balaban J connectivity index is 3.34. The second-order valence-electron chi connectivity index (χ2n) is 3.65. The number of urea groups is 1. The monoisotopic (exact) mass is 283 g/mol. The van der Waals surface area contributed by atoms with Gasteiger partial charge in [0.1, 0.15) is 5.75 Å². The van der Waals surface area contributed by atoms with Crippen LogP contribution in [0.5, 0.6) is 5.75 Å². The summed E-state index contributed by atoms with van der Waals surface area (Å²) in [4.78, 5) is 32.9. The summed E-state index contributed by atoms with van der Waals surface area (Å²) in [6.07, 6.45) is 0. The Kier molecular flexibility index (Phi) is 4.84. The van der Waals surface area contributed by atoms with Crippen molar-refractivity contribution in [3.63, 3.8) is 0 Å². The number of ether oxygens (including phenoxy) is 2. The average molecular weight is 283 g/mol.